The Kier molecular flexibility index (Phi) is 3.36. The molecule has 0 aromatic heterocycles. The highest BCUT2D eigenvalue weighted by Crippen LogP contribution is 2.44. The number of rotatable bonds is 3. The Morgan fingerprint density at radius 3 is 2.41 bits per heavy atom. The maximum atomic E-state index is 11.6. The monoisotopic (exact) mass is 317 g/mol. The van der Waals surface area contributed by atoms with Crippen molar-refractivity contribution < 1.29 is 8.42 Å². The SMILES string of the molecule is CS(=O)(=O)c1cc(Br)cc(C2(CN)CCC2)c1. The van der Waals surface area contributed by atoms with Crippen molar-refractivity contribution in [3.63, 3.8) is 0 Å². The molecule has 0 heterocycles. The molecule has 94 valence electrons. The maximum Gasteiger partial charge on any atom is 0.175 e. The van der Waals surface area contributed by atoms with Gasteiger partial charge in [0, 0.05) is 22.7 Å². The topological polar surface area (TPSA) is 60.2 Å². The minimum absolute atomic E-state index is 0.0107. The van der Waals surface area contributed by atoms with E-state index in [1.54, 1.807) is 12.1 Å². The van der Waals surface area contributed by atoms with Crippen LogP contribution in [-0.2, 0) is 15.3 Å². The number of hydrogen-bond donors (Lipinski definition) is 1. The van der Waals surface area contributed by atoms with Crippen LogP contribution in [0.5, 0.6) is 0 Å². The molecule has 1 aromatic carbocycles. The summed E-state index contributed by atoms with van der Waals surface area (Å²) in [6.07, 6.45) is 4.48. The van der Waals surface area contributed by atoms with Crippen molar-refractivity contribution in [2.45, 2.75) is 29.6 Å². The quantitative estimate of drug-likeness (QED) is 0.930. The molecule has 1 aliphatic carbocycles. The van der Waals surface area contributed by atoms with Gasteiger partial charge in [0.15, 0.2) is 9.84 Å². The van der Waals surface area contributed by atoms with E-state index in [2.05, 4.69) is 15.9 Å². The minimum atomic E-state index is -3.17. The van der Waals surface area contributed by atoms with E-state index in [9.17, 15) is 8.42 Å². The number of nitrogens with two attached hydrogens (primary N) is 1. The first kappa shape index (κ1) is 13.1. The summed E-state index contributed by atoms with van der Waals surface area (Å²) in [5, 5.41) is 0. The van der Waals surface area contributed by atoms with E-state index in [0.29, 0.717) is 11.4 Å². The fourth-order valence-corrected chi connectivity index (χ4v) is 3.62. The molecule has 0 unspecified atom stereocenters. The molecule has 17 heavy (non-hydrogen) atoms. The van der Waals surface area contributed by atoms with E-state index in [4.69, 9.17) is 5.73 Å². The fraction of sp³-hybridized carbons (Fsp3) is 0.500. The van der Waals surface area contributed by atoms with Gasteiger partial charge in [-0.1, -0.05) is 22.4 Å². The molecule has 5 heteroatoms. The Balaban J connectivity index is 2.53. The lowest BCUT2D eigenvalue weighted by Crippen LogP contribution is -2.41. The van der Waals surface area contributed by atoms with Gasteiger partial charge in [-0.25, -0.2) is 8.42 Å². The Labute approximate surface area is 110 Å². The molecule has 0 bridgehead atoms. The molecule has 2 N–H and O–H groups in total. The van der Waals surface area contributed by atoms with Gasteiger partial charge in [-0.3, -0.25) is 0 Å². The number of benzene rings is 1. The molecule has 1 saturated carbocycles. The summed E-state index contributed by atoms with van der Waals surface area (Å²) in [4.78, 5) is 0.363. The Hall–Kier alpha value is -0.390. The van der Waals surface area contributed by atoms with Crippen molar-refractivity contribution in [2.24, 2.45) is 5.73 Å². The van der Waals surface area contributed by atoms with Gasteiger partial charge in [-0.05, 0) is 36.6 Å². The van der Waals surface area contributed by atoms with Gasteiger partial charge in [0.2, 0.25) is 0 Å². The summed E-state index contributed by atoms with van der Waals surface area (Å²) < 4.78 is 24.0. The smallest absolute Gasteiger partial charge is 0.175 e. The second-order valence-corrected chi connectivity index (χ2v) is 7.72. The Bertz CT molecular complexity index is 530. The van der Waals surface area contributed by atoms with Crippen LogP contribution in [-0.4, -0.2) is 21.2 Å². The zero-order valence-corrected chi connectivity index (χ0v) is 12.1. The molecule has 0 aliphatic heterocycles. The first-order valence-corrected chi connectivity index (χ1v) is 8.27. The summed E-state index contributed by atoms with van der Waals surface area (Å²) in [7, 11) is -3.17. The van der Waals surface area contributed by atoms with E-state index in [1.165, 1.54) is 6.26 Å². The molecule has 0 spiro atoms. The molecule has 0 atom stereocenters. The maximum absolute atomic E-state index is 11.6. The van der Waals surface area contributed by atoms with Crippen LogP contribution >= 0.6 is 15.9 Å². The van der Waals surface area contributed by atoms with Crippen molar-refractivity contribution in [2.75, 3.05) is 12.8 Å². The largest absolute Gasteiger partial charge is 0.330 e. The predicted molar refractivity (Wildman–Crippen MR) is 71.8 cm³/mol. The number of halogens is 1. The van der Waals surface area contributed by atoms with Crippen LogP contribution in [0, 0.1) is 0 Å². The van der Waals surface area contributed by atoms with Gasteiger partial charge < -0.3 is 5.73 Å². The van der Waals surface area contributed by atoms with Gasteiger partial charge in [-0.15, -0.1) is 0 Å². The van der Waals surface area contributed by atoms with Crippen molar-refractivity contribution in [1.82, 2.24) is 0 Å². The lowest BCUT2D eigenvalue weighted by Gasteiger charge is -2.41. The summed E-state index contributed by atoms with van der Waals surface area (Å²) in [5.41, 5.74) is 6.88. The summed E-state index contributed by atoms with van der Waals surface area (Å²) >= 11 is 3.38. The normalized spacial score (nSPS) is 18.8. The van der Waals surface area contributed by atoms with Crippen LogP contribution in [0.1, 0.15) is 24.8 Å². The predicted octanol–water partition coefficient (Wildman–Crippen LogP) is 2.23. The molecule has 3 nitrogen and oxygen atoms in total. The zero-order chi connectivity index (χ0) is 12.7. The van der Waals surface area contributed by atoms with E-state index in [-0.39, 0.29) is 5.41 Å². The lowest BCUT2D eigenvalue weighted by molar-refractivity contribution is 0.252. The van der Waals surface area contributed by atoms with Crippen molar-refractivity contribution in [3.05, 3.63) is 28.2 Å². The molecule has 0 saturated heterocycles. The molecular weight excluding hydrogens is 302 g/mol. The van der Waals surface area contributed by atoms with Crippen LogP contribution in [0.25, 0.3) is 0 Å². The van der Waals surface area contributed by atoms with Crippen LogP contribution in [0.15, 0.2) is 27.6 Å². The van der Waals surface area contributed by atoms with Crippen LogP contribution < -0.4 is 5.73 Å². The van der Waals surface area contributed by atoms with E-state index in [0.717, 1.165) is 29.3 Å². The Morgan fingerprint density at radius 2 is 2.00 bits per heavy atom. The highest BCUT2D eigenvalue weighted by molar-refractivity contribution is 9.10. The van der Waals surface area contributed by atoms with Crippen molar-refractivity contribution >= 4 is 25.8 Å². The van der Waals surface area contributed by atoms with E-state index >= 15 is 0 Å². The molecular formula is C12H16BrNO2S. The highest BCUT2D eigenvalue weighted by atomic mass is 79.9. The highest BCUT2D eigenvalue weighted by Gasteiger charge is 2.37. The lowest BCUT2D eigenvalue weighted by atomic mass is 9.64. The third-order valence-corrected chi connectivity index (χ3v) is 5.16. The first-order chi connectivity index (χ1) is 7.87. The molecule has 0 radical (unpaired) electrons. The van der Waals surface area contributed by atoms with Crippen LogP contribution in [0.4, 0.5) is 0 Å². The first-order valence-electron chi connectivity index (χ1n) is 5.59. The zero-order valence-electron chi connectivity index (χ0n) is 9.74. The molecule has 1 aliphatic rings. The molecule has 2 rings (SSSR count). The number of sulfone groups is 1. The fourth-order valence-electron chi connectivity index (χ4n) is 2.30. The second kappa shape index (κ2) is 4.37. The summed E-state index contributed by atoms with van der Waals surface area (Å²) in [6.45, 7) is 0.576. The number of hydrogen-bond acceptors (Lipinski definition) is 3. The molecule has 0 amide bonds. The van der Waals surface area contributed by atoms with Gasteiger partial charge in [0.05, 0.1) is 4.90 Å². The van der Waals surface area contributed by atoms with Gasteiger partial charge in [-0.2, -0.15) is 0 Å². The average molecular weight is 318 g/mol. The third kappa shape index (κ3) is 2.41. The minimum Gasteiger partial charge on any atom is -0.330 e. The van der Waals surface area contributed by atoms with E-state index < -0.39 is 9.84 Å². The average Bonchev–Trinajstić information content (AvgIpc) is 2.14. The van der Waals surface area contributed by atoms with Gasteiger partial charge in [0.1, 0.15) is 0 Å². The summed E-state index contributed by atoms with van der Waals surface area (Å²) in [6, 6.07) is 5.40. The second-order valence-electron chi connectivity index (χ2n) is 4.79. The van der Waals surface area contributed by atoms with Gasteiger partial charge in [0.25, 0.3) is 0 Å². The van der Waals surface area contributed by atoms with E-state index in [1.807, 2.05) is 6.07 Å². The standard InChI is InChI=1S/C12H16BrNO2S/c1-17(15,16)11-6-9(5-10(13)7-11)12(8-14)3-2-4-12/h5-7H,2-4,8,14H2,1H3. The Morgan fingerprint density at radius 1 is 1.35 bits per heavy atom. The van der Waals surface area contributed by atoms with Crippen molar-refractivity contribution in [3.8, 4) is 0 Å². The van der Waals surface area contributed by atoms with Crippen LogP contribution in [0.2, 0.25) is 0 Å². The van der Waals surface area contributed by atoms with Crippen molar-refractivity contribution in [1.29, 1.82) is 0 Å². The summed E-state index contributed by atoms with van der Waals surface area (Å²) in [5.74, 6) is 0. The third-order valence-electron chi connectivity index (χ3n) is 3.61. The van der Waals surface area contributed by atoms with Gasteiger partial charge >= 0.3 is 0 Å². The van der Waals surface area contributed by atoms with Crippen LogP contribution in [0.3, 0.4) is 0 Å². The molecule has 1 fully saturated rings. The molecule has 1 aromatic rings.